The van der Waals surface area contributed by atoms with E-state index in [0.717, 1.165) is 18.5 Å². The maximum atomic E-state index is 12.4. The van der Waals surface area contributed by atoms with E-state index in [4.69, 9.17) is 4.52 Å². The molecule has 2 heterocycles. The average Bonchev–Trinajstić information content (AvgIpc) is 3.07. The fourth-order valence-electron chi connectivity index (χ4n) is 2.57. The lowest BCUT2D eigenvalue weighted by atomic mass is 10.2. The number of nitrogens with one attached hydrogen (secondary N) is 1. The van der Waals surface area contributed by atoms with Gasteiger partial charge in [0.25, 0.3) is 5.56 Å². The van der Waals surface area contributed by atoms with Gasteiger partial charge in [-0.15, -0.1) is 0 Å². The van der Waals surface area contributed by atoms with E-state index in [0.29, 0.717) is 23.2 Å². The van der Waals surface area contributed by atoms with Crippen molar-refractivity contribution < 1.29 is 9.32 Å². The van der Waals surface area contributed by atoms with Crippen LogP contribution in [-0.4, -0.2) is 20.6 Å². The lowest BCUT2D eigenvalue weighted by molar-refractivity contribution is -0.121. The van der Waals surface area contributed by atoms with Crippen molar-refractivity contribution in [3.63, 3.8) is 0 Å². The standard InChI is InChI=1S/C18H20N4O3/c1-2-5-13-10-14(25-21-13)11-19-17(23)8-9-22-12-20-16-7-4-3-6-15(16)18(22)24/h3-4,6-7,10,12H,2,5,8-9,11H2,1H3,(H,19,23). The number of aromatic nitrogens is 3. The van der Waals surface area contributed by atoms with E-state index in [1.807, 2.05) is 12.1 Å². The van der Waals surface area contributed by atoms with Gasteiger partial charge in [-0.3, -0.25) is 14.2 Å². The van der Waals surface area contributed by atoms with Crippen molar-refractivity contribution in [2.45, 2.75) is 39.3 Å². The Morgan fingerprint density at radius 3 is 3.00 bits per heavy atom. The number of benzene rings is 1. The number of carbonyl (C=O) groups excluding carboxylic acids is 1. The van der Waals surface area contributed by atoms with Gasteiger partial charge in [-0.1, -0.05) is 30.6 Å². The monoisotopic (exact) mass is 340 g/mol. The molecule has 2 aromatic heterocycles. The number of fused-ring (bicyclic) bond motifs is 1. The van der Waals surface area contributed by atoms with Gasteiger partial charge in [-0.05, 0) is 18.6 Å². The molecule has 1 amide bonds. The van der Waals surface area contributed by atoms with Crippen LogP contribution in [0.4, 0.5) is 0 Å². The van der Waals surface area contributed by atoms with Crippen molar-refractivity contribution in [2.75, 3.05) is 0 Å². The highest BCUT2D eigenvalue weighted by Crippen LogP contribution is 2.06. The number of aryl methyl sites for hydroxylation is 2. The van der Waals surface area contributed by atoms with Gasteiger partial charge < -0.3 is 9.84 Å². The average molecular weight is 340 g/mol. The van der Waals surface area contributed by atoms with E-state index in [2.05, 4.69) is 22.4 Å². The van der Waals surface area contributed by atoms with Crippen molar-refractivity contribution >= 4 is 16.8 Å². The molecule has 0 fully saturated rings. The minimum Gasteiger partial charge on any atom is -0.359 e. The molecule has 0 atom stereocenters. The maximum Gasteiger partial charge on any atom is 0.261 e. The van der Waals surface area contributed by atoms with Crippen LogP contribution in [0, 0.1) is 0 Å². The van der Waals surface area contributed by atoms with E-state index in [9.17, 15) is 9.59 Å². The Kier molecular flexibility index (Phi) is 5.23. The number of hydrogen-bond acceptors (Lipinski definition) is 5. The lowest BCUT2D eigenvalue weighted by Crippen LogP contribution is -2.27. The molecule has 1 aromatic carbocycles. The first kappa shape index (κ1) is 16.9. The first-order valence-electron chi connectivity index (χ1n) is 8.32. The predicted molar refractivity (Wildman–Crippen MR) is 93.0 cm³/mol. The molecule has 0 aliphatic heterocycles. The first-order chi connectivity index (χ1) is 12.2. The fourth-order valence-corrected chi connectivity index (χ4v) is 2.57. The maximum absolute atomic E-state index is 12.4. The number of nitrogens with zero attached hydrogens (tertiary/aromatic N) is 3. The third kappa shape index (κ3) is 4.12. The minimum absolute atomic E-state index is 0.141. The van der Waals surface area contributed by atoms with Gasteiger partial charge in [0, 0.05) is 19.0 Å². The summed E-state index contributed by atoms with van der Waals surface area (Å²) in [5, 5.41) is 7.26. The number of carbonyl (C=O) groups is 1. The second-order valence-corrected chi connectivity index (χ2v) is 5.82. The van der Waals surface area contributed by atoms with Crippen LogP contribution >= 0.6 is 0 Å². The summed E-state index contributed by atoms with van der Waals surface area (Å²) in [6, 6.07) is 9.01. The van der Waals surface area contributed by atoms with Crippen LogP contribution in [0.3, 0.4) is 0 Å². The highest BCUT2D eigenvalue weighted by Gasteiger charge is 2.08. The Labute approximate surface area is 144 Å². The number of hydrogen-bond donors (Lipinski definition) is 1. The Morgan fingerprint density at radius 2 is 2.16 bits per heavy atom. The Morgan fingerprint density at radius 1 is 1.32 bits per heavy atom. The second kappa shape index (κ2) is 7.74. The molecule has 130 valence electrons. The van der Waals surface area contributed by atoms with Gasteiger partial charge in [0.2, 0.25) is 5.91 Å². The van der Waals surface area contributed by atoms with Crippen LogP contribution in [0.1, 0.15) is 31.2 Å². The molecule has 0 saturated heterocycles. The molecule has 0 saturated carbocycles. The molecule has 7 nitrogen and oxygen atoms in total. The quantitative estimate of drug-likeness (QED) is 0.711. The summed E-state index contributed by atoms with van der Waals surface area (Å²) < 4.78 is 6.62. The van der Waals surface area contributed by atoms with Crippen LogP contribution in [0.25, 0.3) is 10.9 Å². The zero-order valence-corrected chi connectivity index (χ0v) is 14.1. The third-order valence-electron chi connectivity index (χ3n) is 3.88. The summed E-state index contributed by atoms with van der Waals surface area (Å²) >= 11 is 0. The highest BCUT2D eigenvalue weighted by atomic mass is 16.5. The molecule has 0 aliphatic rings. The van der Waals surface area contributed by atoms with Crippen LogP contribution in [-0.2, 0) is 24.3 Å². The number of para-hydroxylation sites is 1. The molecule has 7 heteroatoms. The molecule has 0 bridgehead atoms. The highest BCUT2D eigenvalue weighted by molar-refractivity contribution is 5.77. The van der Waals surface area contributed by atoms with Gasteiger partial charge >= 0.3 is 0 Å². The molecule has 0 spiro atoms. The van der Waals surface area contributed by atoms with E-state index in [-0.39, 0.29) is 24.4 Å². The van der Waals surface area contributed by atoms with Crippen LogP contribution in [0.5, 0.6) is 0 Å². The SMILES string of the molecule is CCCc1cc(CNC(=O)CCn2cnc3ccccc3c2=O)on1. The van der Waals surface area contributed by atoms with Gasteiger partial charge in [0.1, 0.15) is 0 Å². The summed E-state index contributed by atoms with van der Waals surface area (Å²) in [7, 11) is 0. The van der Waals surface area contributed by atoms with Crippen molar-refractivity contribution in [3.05, 3.63) is 58.5 Å². The Bertz CT molecular complexity index is 929. The fraction of sp³-hybridized carbons (Fsp3) is 0.333. The third-order valence-corrected chi connectivity index (χ3v) is 3.88. The zero-order chi connectivity index (χ0) is 17.6. The van der Waals surface area contributed by atoms with Crippen molar-refractivity contribution in [2.24, 2.45) is 0 Å². The molecule has 25 heavy (non-hydrogen) atoms. The van der Waals surface area contributed by atoms with Crippen molar-refractivity contribution in [1.82, 2.24) is 20.0 Å². The smallest absolute Gasteiger partial charge is 0.261 e. The van der Waals surface area contributed by atoms with Crippen LogP contribution in [0.2, 0.25) is 0 Å². The molecule has 3 rings (SSSR count). The van der Waals surface area contributed by atoms with Crippen LogP contribution < -0.4 is 10.9 Å². The summed E-state index contributed by atoms with van der Waals surface area (Å²) in [5.74, 6) is 0.467. The van der Waals surface area contributed by atoms with Crippen molar-refractivity contribution in [1.29, 1.82) is 0 Å². The van der Waals surface area contributed by atoms with Crippen LogP contribution in [0.15, 0.2) is 46.0 Å². The molecule has 0 unspecified atom stereocenters. The summed E-state index contributed by atoms with van der Waals surface area (Å²) in [6.45, 7) is 2.64. The van der Waals surface area contributed by atoms with E-state index in [1.165, 1.54) is 10.9 Å². The molecular formula is C18H20N4O3. The number of rotatable bonds is 7. The Balaban J connectivity index is 1.55. The summed E-state index contributed by atoms with van der Waals surface area (Å²) in [4.78, 5) is 28.6. The van der Waals surface area contributed by atoms with E-state index >= 15 is 0 Å². The first-order valence-corrected chi connectivity index (χ1v) is 8.32. The molecular weight excluding hydrogens is 320 g/mol. The molecule has 0 radical (unpaired) electrons. The largest absolute Gasteiger partial charge is 0.359 e. The van der Waals surface area contributed by atoms with E-state index < -0.39 is 0 Å². The van der Waals surface area contributed by atoms with E-state index in [1.54, 1.807) is 18.2 Å². The Hall–Kier alpha value is -2.96. The normalized spacial score (nSPS) is 10.9. The van der Waals surface area contributed by atoms with Crippen molar-refractivity contribution in [3.8, 4) is 0 Å². The van der Waals surface area contributed by atoms with Gasteiger partial charge in [0.15, 0.2) is 5.76 Å². The second-order valence-electron chi connectivity index (χ2n) is 5.82. The minimum atomic E-state index is -0.159. The topological polar surface area (TPSA) is 90.0 Å². The molecule has 0 aliphatic carbocycles. The van der Waals surface area contributed by atoms with Gasteiger partial charge in [-0.2, -0.15) is 0 Å². The summed E-state index contributed by atoms with van der Waals surface area (Å²) in [6.07, 6.45) is 3.52. The van der Waals surface area contributed by atoms with Gasteiger partial charge in [0.05, 0.1) is 29.5 Å². The lowest BCUT2D eigenvalue weighted by Gasteiger charge is -2.06. The number of amides is 1. The summed E-state index contributed by atoms with van der Waals surface area (Å²) in [5.41, 5.74) is 1.40. The predicted octanol–water partition coefficient (Wildman–Crippen LogP) is 2.04. The zero-order valence-electron chi connectivity index (χ0n) is 14.1. The van der Waals surface area contributed by atoms with Gasteiger partial charge in [-0.25, -0.2) is 4.98 Å². The molecule has 1 N–H and O–H groups in total. The molecule has 3 aromatic rings.